The summed E-state index contributed by atoms with van der Waals surface area (Å²) in [7, 11) is 1.66. The third kappa shape index (κ3) is 3.37. The minimum absolute atomic E-state index is 0.131. The van der Waals surface area contributed by atoms with E-state index in [2.05, 4.69) is 0 Å². The predicted molar refractivity (Wildman–Crippen MR) is 94.1 cm³/mol. The minimum Gasteiger partial charge on any atom is -0.497 e. The van der Waals surface area contributed by atoms with Gasteiger partial charge in [-0.1, -0.05) is 12.1 Å². The second kappa shape index (κ2) is 6.70. The standard InChI is InChI=1S/C20H26N2O3/c1-25-17-8-6-15(7-9-17)18-3-2-10-22(18)20(24)16-11-19(23)21(13-16)12-14-4-5-14/h6-9,14,16,18H,2-5,10-13H2,1H3/t16-,18+/m0/s1. The first-order valence-corrected chi connectivity index (χ1v) is 9.38. The molecule has 1 saturated carbocycles. The molecule has 4 rings (SSSR count). The zero-order valence-corrected chi connectivity index (χ0v) is 14.8. The van der Waals surface area contributed by atoms with Gasteiger partial charge in [-0.15, -0.1) is 0 Å². The Labute approximate surface area is 148 Å². The van der Waals surface area contributed by atoms with Crippen molar-refractivity contribution in [1.29, 1.82) is 0 Å². The summed E-state index contributed by atoms with van der Waals surface area (Å²) >= 11 is 0. The fourth-order valence-corrected chi connectivity index (χ4v) is 4.16. The Kier molecular flexibility index (Phi) is 4.40. The minimum atomic E-state index is -0.162. The molecule has 2 aliphatic heterocycles. The molecule has 1 aliphatic carbocycles. The van der Waals surface area contributed by atoms with Crippen LogP contribution in [0.1, 0.15) is 43.7 Å². The summed E-state index contributed by atoms with van der Waals surface area (Å²) in [6, 6.07) is 8.13. The average molecular weight is 342 g/mol. The van der Waals surface area contributed by atoms with Crippen molar-refractivity contribution in [1.82, 2.24) is 9.80 Å². The molecule has 2 atom stereocenters. The lowest BCUT2D eigenvalue weighted by molar-refractivity contribution is -0.136. The maximum absolute atomic E-state index is 13.1. The summed E-state index contributed by atoms with van der Waals surface area (Å²) in [6.07, 6.45) is 4.86. The molecule has 0 bridgehead atoms. The van der Waals surface area contributed by atoms with Gasteiger partial charge in [-0.25, -0.2) is 0 Å². The van der Waals surface area contributed by atoms with Crippen LogP contribution in [0.25, 0.3) is 0 Å². The van der Waals surface area contributed by atoms with Crippen LogP contribution >= 0.6 is 0 Å². The van der Waals surface area contributed by atoms with Crippen LogP contribution in [0.5, 0.6) is 5.75 Å². The number of nitrogens with zero attached hydrogens (tertiary/aromatic N) is 2. The van der Waals surface area contributed by atoms with Gasteiger partial charge in [-0.3, -0.25) is 9.59 Å². The molecular weight excluding hydrogens is 316 g/mol. The molecule has 2 heterocycles. The first kappa shape index (κ1) is 16.4. The predicted octanol–water partition coefficient (Wildman–Crippen LogP) is 2.62. The molecule has 0 radical (unpaired) electrons. The van der Waals surface area contributed by atoms with Crippen LogP contribution in [-0.4, -0.2) is 48.4 Å². The van der Waals surface area contributed by atoms with E-state index in [1.165, 1.54) is 12.8 Å². The van der Waals surface area contributed by atoms with Crippen molar-refractivity contribution in [2.75, 3.05) is 26.7 Å². The molecule has 25 heavy (non-hydrogen) atoms. The van der Waals surface area contributed by atoms with Gasteiger partial charge in [0.15, 0.2) is 0 Å². The summed E-state index contributed by atoms with van der Waals surface area (Å²) in [6.45, 7) is 2.26. The third-order valence-corrected chi connectivity index (χ3v) is 5.78. The van der Waals surface area contributed by atoms with Crippen molar-refractivity contribution in [3.05, 3.63) is 29.8 Å². The quantitative estimate of drug-likeness (QED) is 0.826. The molecule has 3 aliphatic rings. The number of likely N-dealkylation sites (tertiary alicyclic amines) is 2. The van der Waals surface area contributed by atoms with Gasteiger partial charge < -0.3 is 14.5 Å². The Balaban J connectivity index is 1.44. The molecule has 0 unspecified atom stereocenters. The summed E-state index contributed by atoms with van der Waals surface area (Å²) in [5, 5.41) is 0. The second-order valence-electron chi connectivity index (χ2n) is 7.61. The summed E-state index contributed by atoms with van der Waals surface area (Å²) in [5.41, 5.74) is 1.16. The molecule has 2 saturated heterocycles. The molecule has 0 N–H and O–H groups in total. The molecule has 5 heteroatoms. The average Bonchev–Trinajstić information content (AvgIpc) is 3.18. The fourth-order valence-electron chi connectivity index (χ4n) is 4.16. The Morgan fingerprint density at radius 1 is 1.20 bits per heavy atom. The highest BCUT2D eigenvalue weighted by Gasteiger charge is 2.41. The van der Waals surface area contributed by atoms with E-state index in [0.717, 1.165) is 37.2 Å². The van der Waals surface area contributed by atoms with Gasteiger partial charge >= 0.3 is 0 Å². The number of carbonyl (C=O) groups is 2. The van der Waals surface area contributed by atoms with E-state index in [4.69, 9.17) is 4.74 Å². The highest BCUT2D eigenvalue weighted by molar-refractivity contribution is 5.89. The first-order chi connectivity index (χ1) is 12.2. The Morgan fingerprint density at radius 3 is 2.64 bits per heavy atom. The molecule has 134 valence electrons. The number of methoxy groups -OCH3 is 1. The van der Waals surface area contributed by atoms with Crippen molar-refractivity contribution < 1.29 is 14.3 Å². The second-order valence-corrected chi connectivity index (χ2v) is 7.61. The number of ether oxygens (including phenoxy) is 1. The smallest absolute Gasteiger partial charge is 0.228 e. The summed E-state index contributed by atoms with van der Waals surface area (Å²) in [5.74, 6) is 1.66. The molecule has 1 aromatic rings. The SMILES string of the molecule is COc1ccc([C@H]2CCCN2C(=O)[C@H]2CC(=O)N(CC3CC3)C2)cc1. The van der Waals surface area contributed by atoms with Crippen LogP contribution < -0.4 is 4.74 Å². The van der Waals surface area contributed by atoms with Gasteiger partial charge in [0.25, 0.3) is 0 Å². The Bertz CT molecular complexity index is 653. The van der Waals surface area contributed by atoms with E-state index < -0.39 is 0 Å². The highest BCUT2D eigenvalue weighted by atomic mass is 16.5. The highest BCUT2D eigenvalue weighted by Crippen LogP contribution is 2.36. The normalized spacial score (nSPS) is 26.4. The van der Waals surface area contributed by atoms with Crippen LogP contribution in [-0.2, 0) is 9.59 Å². The number of benzene rings is 1. The summed E-state index contributed by atoms with van der Waals surface area (Å²) < 4.78 is 5.22. The van der Waals surface area contributed by atoms with E-state index >= 15 is 0 Å². The van der Waals surface area contributed by atoms with Crippen molar-refractivity contribution >= 4 is 11.8 Å². The molecule has 2 amide bonds. The number of amides is 2. The van der Waals surface area contributed by atoms with E-state index in [1.54, 1.807) is 7.11 Å². The summed E-state index contributed by atoms with van der Waals surface area (Å²) in [4.78, 5) is 29.2. The van der Waals surface area contributed by atoms with Gasteiger partial charge in [-0.2, -0.15) is 0 Å². The number of hydrogen-bond acceptors (Lipinski definition) is 3. The number of hydrogen-bond donors (Lipinski definition) is 0. The molecule has 1 aromatic carbocycles. The lowest BCUT2D eigenvalue weighted by atomic mass is 10.0. The van der Waals surface area contributed by atoms with Gasteiger partial charge in [-0.05, 0) is 49.3 Å². The monoisotopic (exact) mass is 342 g/mol. The van der Waals surface area contributed by atoms with Crippen LogP contribution in [0.4, 0.5) is 0 Å². The van der Waals surface area contributed by atoms with E-state index in [0.29, 0.717) is 18.9 Å². The molecule has 3 fully saturated rings. The van der Waals surface area contributed by atoms with Crippen LogP contribution in [0.15, 0.2) is 24.3 Å². The van der Waals surface area contributed by atoms with Crippen LogP contribution in [0.3, 0.4) is 0 Å². The number of carbonyl (C=O) groups excluding carboxylic acids is 2. The van der Waals surface area contributed by atoms with Crippen molar-refractivity contribution in [3.63, 3.8) is 0 Å². The first-order valence-electron chi connectivity index (χ1n) is 9.38. The molecular formula is C20H26N2O3. The zero-order chi connectivity index (χ0) is 17.4. The van der Waals surface area contributed by atoms with Crippen molar-refractivity contribution in [3.8, 4) is 5.75 Å². The van der Waals surface area contributed by atoms with Crippen molar-refractivity contribution in [2.45, 2.75) is 38.1 Å². The Hall–Kier alpha value is -2.04. The van der Waals surface area contributed by atoms with E-state index in [-0.39, 0.29) is 23.8 Å². The third-order valence-electron chi connectivity index (χ3n) is 5.78. The largest absolute Gasteiger partial charge is 0.497 e. The fraction of sp³-hybridized carbons (Fsp3) is 0.600. The topological polar surface area (TPSA) is 49.9 Å². The van der Waals surface area contributed by atoms with Gasteiger partial charge in [0.05, 0.1) is 19.1 Å². The maximum atomic E-state index is 13.1. The van der Waals surface area contributed by atoms with Gasteiger partial charge in [0.1, 0.15) is 5.75 Å². The van der Waals surface area contributed by atoms with Crippen LogP contribution in [0.2, 0.25) is 0 Å². The number of rotatable bonds is 5. The van der Waals surface area contributed by atoms with Crippen LogP contribution in [0, 0.1) is 11.8 Å². The van der Waals surface area contributed by atoms with Gasteiger partial charge in [0.2, 0.25) is 11.8 Å². The maximum Gasteiger partial charge on any atom is 0.228 e. The molecule has 0 spiro atoms. The van der Waals surface area contributed by atoms with E-state index in [9.17, 15) is 9.59 Å². The van der Waals surface area contributed by atoms with E-state index in [1.807, 2.05) is 34.1 Å². The lowest BCUT2D eigenvalue weighted by Gasteiger charge is -2.28. The van der Waals surface area contributed by atoms with Crippen molar-refractivity contribution in [2.24, 2.45) is 11.8 Å². The van der Waals surface area contributed by atoms with Gasteiger partial charge in [0, 0.05) is 26.1 Å². The molecule has 5 nitrogen and oxygen atoms in total. The zero-order valence-electron chi connectivity index (χ0n) is 14.8. The molecule has 0 aromatic heterocycles. The Morgan fingerprint density at radius 2 is 1.96 bits per heavy atom. The lowest BCUT2D eigenvalue weighted by Crippen LogP contribution is -2.37.